The summed E-state index contributed by atoms with van der Waals surface area (Å²) in [5.74, 6) is -6.08. The summed E-state index contributed by atoms with van der Waals surface area (Å²) in [7, 11) is 0. The second kappa shape index (κ2) is 8.47. The van der Waals surface area contributed by atoms with Crippen molar-refractivity contribution in [2.45, 2.75) is 25.2 Å². The van der Waals surface area contributed by atoms with Crippen LogP contribution in [0.5, 0.6) is 0 Å². The molecule has 0 aliphatic carbocycles. The van der Waals surface area contributed by atoms with E-state index in [4.69, 9.17) is 28.3 Å². The Morgan fingerprint density at radius 3 is 2.13 bits per heavy atom. The minimum atomic E-state index is -5.16. The van der Waals surface area contributed by atoms with Crippen LogP contribution in [0, 0.1) is 6.92 Å². The number of alkyl halides is 6. The lowest BCUT2D eigenvalue weighted by atomic mass is 9.94. The molecule has 1 unspecified atom stereocenters. The fourth-order valence-corrected chi connectivity index (χ4v) is 3.05. The first-order valence-corrected chi connectivity index (χ1v) is 8.73. The molecule has 1 N–H and O–H groups in total. The summed E-state index contributed by atoms with van der Waals surface area (Å²) in [4.78, 5) is 11.0. The summed E-state index contributed by atoms with van der Waals surface area (Å²) in [6.45, 7) is 1.38. The molecule has 0 aromatic heterocycles. The van der Waals surface area contributed by atoms with E-state index in [0.717, 1.165) is 12.1 Å². The van der Waals surface area contributed by atoms with Gasteiger partial charge < -0.3 is 5.11 Å². The Hall–Kier alpha value is -2.26. The molecule has 1 atom stereocenters. The average Bonchev–Trinajstić information content (AvgIpc) is 2.61. The van der Waals surface area contributed by atoms with Crippen molar-refractivity contribution in [3.63, 3.8) is 0 Å². The maximum Gasteiger partial charge on any atom is 0.417 e. The topological polar surface area (TPSA) is 37.3 Å². The molecule has 11 heteroatoms. The zero-order chi connectivity index (χ0) is 23.0. The molecule has 2 aromatic carbocycles. The van der Waals surface area contributed by atoms with Gasteiger partial charge in [0.15, 0.2) is 0 Å². The van der Waals surface area contributed by atoms with Gasteiger partial charge in [-0.05, 0) is 42.3 Å². The molecule has 0 radical (unpaired) electrons. The van der Waals surface area contributed by atoms with Crippen LogP contribution in [0.3, 0.4) is 0 Å². The largest absolute Gasteiger partial charge is 0.478 e. The van der Waals surface area contributed by atoms with Gasteiger partial charge in [-0.1, -0.05) is 35.3 Å². The summed E-state index contributed by atoms with van der Waals surface area (Å²) in [5, 5.41) is 8.65. The lowest BCUT2D eigenvalue weighted by Crippen LogP contribution is -2.19. The number of benzene rings is 2. The van der Waals surface area contributed by atoms with Crippen LogP contribution in [-0.4, -0.2) is 17.3 Å². The average molecular weight is 475 g/mol. The molecule has 0 amide bonds. The number of aromatic carboxylic acids is 1. The number of carboxylic acids is 1. The summed E-state index contributed by atoms with van der Waals surface area (Å²) in [6, 6.07) is 3.18. The van der Waals surface area contributed by atoms with E-state index in [1.165, 1.54) is 6.92 Å². The van der Waals surface area contributed by atoms with E-state index in [1.54, 1.807) is 0 Å². The van der Waals surface area contributed by atoms with E-state index >= 15 is 0 Å². The summed E-state index contributed by atoms with van der Waals surface area (Å²) in [6.07, 6.45) is -10.1. The molecule has 2 rings (SSSR count). The van der Waals surface area contributed by atoms with E-state index in [1.807, 2.05) is 0 Å². The molecule has 0 saturated heterocycles. The highest BCUT2D eigenvalue weighted by molar-refractivity contribution is 6.42. The highest BCUT2D eigenvalue weighted by Gasteiger charge is 2.41. The van der Waals surface area contributed by atoms with Crippen molar-refractivity contribution in [2.75, 3.05) is 0 Å². The number of carbonyl (C=O) groups is 1. The Morgan fingerprint density at radius 2 is 1.67 bits per heavy atom. The molecule has 0 aliphatic heterocycles. The van der Waals surface area contributed by atoms with Gasteiger partial charge in [0, 0.05) is 5.56 Å². The van der Waals surface area contributed by atoms with Crippen LogP contribution >= 0.6 is 23.2 Å². The van der Waals surface area contributed by atoms with Crippen molar-refractivity contribution >= 4 is 35.0 Å². The van der Waals surface area contributed by atoms with Gasteiger partial charge in [0.25, 0.3) is 0 Å². The Morgan fingerprint density at radius 1 is 1.07 bits per heavy atom. The first kappa shape index (κ1) is 24.0. The summed E-state index contributed by atoms with van der Waals surface area (Å²) < 4.78 is 94.4. The first-order valence-electron chi connectivity index (χ1n) is 7.97. The Labute approximate surface area is 175 Å². The predicted molar refractivity (Wildman–Crippen MR) is 97.5 cm³/mol. The molecule has 0 spiro atoms. The number of aryl methyl sites for hydroxylation is 1. The number of rotatable bonds is 4. The van der Waals surface area contributed by atoms with Gasteiger partial charge in [0.05, 0.1) is 21.2 Å². The Balaban J connectivity index is 2.62. The van der Waals surface area contributed by atoms with E-state index < -0.39 is 52.3 Å². The van der Waals surface area contributed by atoms with Crippen molar-refractivity contribution in [1.82, 2.24) is 0 Å². The summed E-state index contributed by atoms with van der Waals surface area (Å²) >= 11 is 11.6. The lowest BCUT2D eigenvalue weighted by molar-refractivity contribution is -0.140. The highest BCUT2D eigenvalue weighted by Crippen LogP contribution is 2.41. The quantitative estimate of drug-likeness (QED) is 0.461. The van der Waals surface area contributed by atoms with Crippen molar-refractivity contribution in [1.29, 1.82) is 0 Å². The fraction of sp³-hybridized carbons (Fsp3) is 0.211. The van der Waals surface area contributed by atoms with Crippen molar-refractivity contribution in [3.8, 4) is 0 Å². The Bertz CT molecular complexity index is 988. The number of hydrogen-bond acceptors (Lipinski definition) is 1. The lowest BCUT2D eigenvalue weighted by Gasteiger charge is -2.19. The third-order valence-corrected chi connectivity index (χ3v) is 4.98. The normalized spacial score (nSPS) is 14.0. The van der Waals surface area contributed by atoms with Crippen LogP contribution < -0.4 is 0 Å². The number of allylic oxidation sites excluding steroid dienone is 1. The first-order chi connectivity index (χ1) is 13.6. The minimum absolute atomic E-state index is 0.00451. The van der Waals surface area contributed by atoms with Gasteiger partial charge in [-0.15, -0.1) is 0 Å². The third-order valence-electron chi connectivity index (χ3n) is 4.09. The zero-order valence-electron chi connectivity index (χ0n) is 14.8. The van der Waals surface area contributed by atoms with Crippen LogP contribution in [0.1, 0.15) is 38.5 Å². The molecule has 0 saturated carbocycles. The SMILES string of the molecule is Cc1cc(C(C=C(F)c2ccc(C(=O)O)c(C(F)(F)F)c2)C(F)(F)F)cc(Cl)c1Cl. The van der Waals surface area contributed by atoms with Gasteiger partial charge in [-0.2, -0.15) is 26.3 Å². The molecule has 2 aromatic rings. The van der Waals surface area contributed by atoms with E-state index in [0.29, 0.717) is 12.1 Å². The molecule has 162 valence electrons. The van der Waals surface area contributed by atoms with Crippen LogP contribution in [0.2, 0.25) is 10.0 Å². The number of hydrogen-bond donors (Lipinski definition) is 1. The molecule has 0 heterocycles. The second-order valence-electron chi connectivity index (χ2n) is 6.23. The van der Waals surface area contributed by atoms with Crippen LogP contribution in [0.4, 0.5) is 30.7 Å². The van der Waals surface area contributed by atoms with Crippen molar-refractivity contribution in [2.24, 2.45) is 0 Å². The van der Waals surface area contributed by atoms with Crippen LogP contribution in [0.15, 0.2) is 36.4 Å². The summed E-state index contributed by atoms with van der Waals surface area (Å²) in [5.41, 5.74) is -4.00. The van der Waals surface area contributed by atoms with Gasteiger partial charge >= 0.3 is 18.3 Å². The molecule has 0 bridgehead atoms. The maximum absolute atomic E-state index is 14.6. The fourth-order valence-electron chi connectivity index (χ4n) is 2.67. The monoisotopic (exact) mass is 474 g/mol. The van der Waals surface area contributed by atoms with E-state index in [9.17, 15) is 35.5 Å². The van der Waals surface area contributed by atoms with Gasteiger partial charge in [0.2, 0.25) is 0 Å². The third kappa shape index (κ3) is 5.26. The molecule has 0 aliphatic rings. The standard InChI is InChI=1S/C19H11Cl2F7O2/c1-8-4-10(6-14(20)16(8)21)12(18(23,24)25)7-15(22)9-2-3-11(17(29)30)13(5-9)19(26,27)28/h2-7,12H,1H3,(H,29,30). The van der Waals surface area contributed by atoms with Crippen molar-refractivity contribution in [3.05, 3.63) is 74.3 Å². The molecule has 30 heavy (non-hydrogen) atoms. The van der Waals surface area contributed by atoms with E-state index in [-0.39, 0.29) is 27.8 Å². The molecule has 2 nitrogen and oxygen atoms in total. The zero-order valence-corrected chi connectivity index (χ0v) is 16.3. The number of carboxylic acid groups (broad SMARTS) is 1. The minimum Gasteiger partial charge on any atom is -0.478 e. The van der Waals surface area contributed by atoms with Gasteiger partial charge in [0.1, 0.15) is 11.7 Å². The maximum atomic E-state index is 14.6. The predicted octanol–water partition coefficient (Wildman–Crippen LogP) is 7.68. The highest BCUT2D eigenvalue weighted by atomic mass is 35.5. The smallest absolute Gasteiger partial charge is 0.417 e. The second-order valence-corrected chi connectivity index (χ2v) is 7.02. The molecule has 0 fully saturated rings. The number of halogens is 9. The molecular formula is C19H11Cl2F7O2. The van der Waals surface area contributed by atoms with Gasteiger partial charge in [-0.3, -0.25) is 0 Å². The Kier molecular flexibility index (Phi) is 6.78. The van der Waals surface area contributed by atoms with Crippen LogP contribution in [-0.2, 0) is 6.18 Å². The van der Waals surface area contributed by atoms with E-state index in [2.05, 4.69) is 0 Å². The van der Waals surface area contributed by atoms with Gasteiger partial charge in [-0.25, -0.2) is 9.18 Å². The van der Waals surface area contributed by atoms with Crippen LogP contribution in [0.25, 0.3) is 5.83 Å². The van der Waals surface area contributed by atoms with Crippen molar-refractivity contribution < 1.29 is 40.6 Å². The molecular weight excluding hydrogens is 464 g/mol.